The molecule has 2 nitrogen and oxygen atoms in total. The molecule has 1 aliphatic heterocycles. The van der Waals surface area contributed by atoms with Crippen molar-refractivity contribution in [3.8, 4) is 0 Å². The van der Waals surface area contributed by atoms with E-state index in [1.165, 1.54) is 18.5 Å². The van der Waals surface area contributed by atoms with Crippen molar-refractivity contribution in [2.45, 2.75) is 51.7 Å². The Kier molecular flexibility index (Phi) is 4.08. The van der Waals surface area contributed by atoms with Crippen LogP contribution in [0.3, 0.4) is 0 Å². The molecule has 1 N–H and O–H groups in total. The summed E-state index contributed by atoms with van der Waals surface area (Å²) >= 11 is 0. The molecule has 2 atom stereocenters. The van der Waals surface area contributed by atoms with Gasteiger partial charge in [-0.3, -0.25) is 4.90 Å². The van der Waals surface area contributed by atoms with Gasteiger partial charge in [-0.05, 0) is 39.7 Å². The lowest BCUT2D eigenvalue weighted by molar-refractivity contribution is 0.180. The largest absolute Gasteiger partial charge is 0.308 e. The maximum atomic E-state index is 3.71. The molecule has 1 heterocycles. The number of hydrogen-bond donors (Lipinski definition) is 1. The minimum absolute atomic E-state index is 0.193. The fourth-order valence-electron chi connectivity index (χ4n) is 3.00. The molecular formula is C16H26N2. The van der Waals surface area contributed by atoms with Gasteiger partial charge in [-0.1, -0.05) is 30.3 Å². The van der Waals surface area contributed by atoms with Gasteiger partial charge in [-0.25, -0.2) is 0 Å². The van der Waals surface area contributed by atoms with Crippen LogP contribution >= 0.6 is 0 Å². The van der Waals surface area contributed by atoms with Gasteiger partial charge >= 0.3 is 0 Å². The van der Waals surface area contributed by atoms with Crippen LogP contribution in [-0.2, 0) is 0 Å². The maximum absolute atomic E-state index is 3.71. The third kappa shape index (κ3) is 3.33. The van der Waals surface area contributed by atoms with Crippen molar-refractivity contribution in [2.24, 2.45) is 0 Å². The first kappa shape index (κ1) is 13.6. The molecule has 2 rings (SSSR count). The highest BCUT2D eigenvalue weighted by Crippen LogP contribution is 2.24. The standard InChI is InChI=1S/C16H26N2/c1-13-10-11-18(12-16(3,4)17-13)14(2)15-8-6-5-7-9-15/h5-9,13-14,17H,10-12H2,1-4H3. The molecule has 1 aliphatic rings. The molecule has 0 amide bonds. The molecule has 1 saturated heterocycles. The van der Waals surface area contributed by atoms with Gasteiger partial charge in [0.15, 0.2) is 0 Å². The number of nitrogens with one attached hydrogen (secondary N) is 1. The Morgan fingerprint density at radius 2 is 1.94 bits per heavy atom. The predicted octanol–water partition coefficient (Wildman–Crippen LogP) is 3.21. The van der Waals surface area contributed by atoms with Gasteiger partial charge in [0.05, 0.1) is 0 Å². The molecule has 1 fully saturated rings. The second-order valence-corrected chi connectivity index (χ2v) is 6.28. The van der Waals surface area contributed by atoms with E-state index < -0.39 is 0 Å². The van der Waals surface area contributed by atoms with Gasteiger partial charge in [0.1, 0.15) is 0 Å². The quantitative estimate of drug-likeness (QED) is 0.862. The number of nitrogens with zero attached hydrogens (tertiary/aromatic N) is 1. The second kappa shape index (κ2) is 5.41. The molecule has 18 heavy (non-hydrogen) atoms. The van der Waals surface area contributed by atoms with Crippen molar-refractivity contribution in [3.05, 3.63) is 35.9 Å². The van der Waals surface area contributed by atoms with Crippen LogP contribution in [0.15, 0.2) is 30.3 Å². The molecule has 0 saturated carbocycles. The van der Waals surface area contributed by atoms with E-state index in [2.05, 4.69) is 68.2 Å². The highest BCUT2D eigenvalue weighted by molar-refractivity contribution is 5.18. The van der Waals surface area contributed by atoms with E-state index >= 15 is 0 Å². The third-order valence-electron chi connectivity index (χ3n) is 3.91. The minimum Gasteiger partial charge on any atom is -0.308 e. The first-order valence-corrected chi connectivity index (χ1v) is 7.05. The Morgan fingerprint density at radius 1 is 1.28 bits per heavy atom. The lowest BCUT2D eigenvalue weighted by Gasteiger charge is -2.34. The van der Waals surface area contributed by atoms with Crippen molar-refractivity contribution in [3.63, 3.8) is 0 Å². The normalized spacial score (nSPS) is 26.6. The Morgan fingerprint density at radius 3 is 2.61 bits per heavy atom. The summed E-state index contributed by atoms with van der Waals surface area (Å²) in [5, 5.41) is 3.71. The van der Waals surface area contributed by atoms with Crippen LogP contribution < -0.4 is 5.32 Å². The summed E-state index contributed by atoms with van der Waals surface area (Å²) in [6.45, 7) is 11.5. The molecule has 0 radical (unpaired) electrons. The van der Waals surface area contributed by atoms with E-state index in [-0.39, 0.29) is 5.54 Å². The van der Waals surface area contributed by atoms with E-state index in [0.717, 1.165) is 6.54 Å². The Bertz CT molecular complexity index is 372. The van der Waals surface area contributed by atoms with Gasteiger partial charge in [0.25, 0.3) is 0 Å². The molecule has 2 unspecified atom stereocenters. The highest BCUT2D eigenvalue weighted by Gasteiger charge is 2.29. The molecule has 0 aliphatic carbocycles. The van der Waals surface area contributed by atoms with E-state index in [0.29, 0.717) is 12.1 Å². The van der Waals surface area contributed by atoms with Crippen LogP contribution in [0.4, 0.5) is 0 Å². The predicted molar refractivity (Wildman–Crippen MR) is 77.7 cm³/mol. The molecule has 0 bridgehead atoms. The fraction of sp³-hybridized carbons (Fsp3) is 0.625. The zero-order valence-corrected chi connectivity index (χ0v) is 12.1. The highest BCUT2D eigenvalue weighted by atomic mass is 15.2. The minimum atomic E-state index is 0.193. The Balaban J connectivity index is 2.12. The van der Waals surface area contributed by atoms with Crippen molar-refractivity contribution in [2.75, 3.05) is 13.1 Å². The zero-order valence-electron chi connectivity index (χ0n) is 12.1. The molecule has 0 aromatic heterocycles. The van der Waals surface area contributed by atoms with Crippen LogP contribution in [0.25, 0.3) is 0 Å². The lowest BCUT2D eigenvalue weighted by Crippen LogP contribution is -2.49. The topological polar surface area (TPSA) is 15.3 Å². The summed E-state index contributed by atoms with van der Waals surface area (Å²) in [6, 6.07) is 11.9. The SMILES string of the molecule is CC1CCN(C(C)c2ccccc2)CC(C)(C)N1. The average molecular weight is 246 g/mol. The average Bonchev–Trinajstić information content (AvgIpc) is 2.47. The number of benzene rings is 1. The molecule has 0 spiro atoms. The van der Waals surface area contributed by atoms with Crippen LogP contribution in [0.2, 0.25) is 0 Å². The van der Waals surface area contributed by atoms with E-state index in [1.807, 2.05) is 0 Å². The maximum Gasteiger partial charge on any atom is 0.0320 e. The summed E-state index contributed by atoms with van der Waals surface area (Å²) in [7, 11) is 0. The van der Waals surface area contributed by atoms with Crippen LogP contribution in [-0.4, -0.2) is 29.6 Å². The molecule has 100 valence electrons. The van der Waals surface area contributed by atoms with Crippen LogP contribution in [0.1, 0.15) is 45.7 Å². The van der Waals surface area contributed by atoms with Crippen molar-refractivity contribution in [1.29, 1.82) is 0 Å². The fourth-order valence-corrected chi connectivity index (χ4v) is 3.00. The van der Waals surface area contributed by atoms with Crippen molar-refractivity contribution in [1.82, 2.24) is 10.2 Å². The zero-order chi connectivity index (χ0) is 13.2. The smallest absolute Gasteiger partial charge is 0.0320 e. The number of rotatable bonds is 2. The van der Waals surface area contributed by atoms with Gasteiger partial charge in [-0.2, -0.15) is 0 Å². The summed E-state index contributed by atoms with van der Waals surface area (Å²) in [5.74, 6) is 0. The van der Waals surface area contributed by atoms with Crippen molar-refractivity contribution >= 4 is 0 Å². The summed E-state index contributed by atoms with van der Waals surface area (Å²) in [4.78, 5) is 2.60. The number of hydrogen-bond acceptors (Lipinski definition) is 2. The first-order valence-electron chi connectivity index (χ1n) is 7.05. The summed E-state index contributed by atoms with van der Waals surface area (Å²) in [5.41, 5.74) is 1.61. The summed E-state index contributed by atoms with van der Waals surface area (Å²) < 4.78 is 0. The Hall–Kier alpha value is -0.860. The lowest BCUT2D eigenvalue weighted by atomic mass is 10.0. The third-order valence-corrected chi connectivity index (χ3v) is 3.91. The molecule has 1 aromatic rings. The van der Waals surface area contributed by atoms with E-state index in [1.54, 1.807) is 0 Å². The van der Waals surface area contributed by atoms with Crippen molar-refractivity contribution < 1.29 is 0 Å². The van der Waals surface area contributed by atoms with E-state index in [4.69, 9.17) is 0 Å². The van der Waals surface area contributed by atoms with E-state index in [9.17, 15) is 0 Å². The van der Waals surface area contributed by atoms with Crippen LogP contribution in [0.5, 0.6) is 0 Å². The molecular weight excluding hydrogens is 220 g/mol. The Labute approximate surface area is 111 Å². The second-order valence-electron chi connectivity index (χ2n) is 6.28. The molecule has 2 heteroatoms. The molecule has 1 aromatic carbocycles. The van der Waals surface area contributed by atoms with Gasteiger partial charge < -0.3 is 5.32 Å². The summed E-state index contributed by atoms with van der Waals surface area (Å²) in [6.07, 6.45) is 1.22. The first-order chi connectivity index (χ1) is 8.48. The van der Waals surface area contributed by atoms with Gasteiger partial charge in [-0.15, -0.1) is 0 Å². The van der Waals surface area contributed by atoms with Gasteiger partial charge in [0.2, 0.25) is 0 Å². The van der Waals surface area contributed by atoms with Gasteiger partial charge in [0, 0.05) is 30.7 Å². The van der Waals surface area contributed by atoms with Crippen LogP contribution in [0, 0.1) is 0 Å². The monoisotopic (exact) mass is 246 g/mol.